The number of rotatable bonds is 57. The molecule has 1 atom stereocenters. The zero-order valence-electron chi connectivity index (χ0n) is 48.8. The van der Waals surface area contributed by atoms with Gasteiger partial charge >= 0.3 is 17.9 Å². The molecule has 0 aromatic carbocycles. The molecule has 6 heteroatoms. The third-order valence-corrected chi connectivity index (χ3v) is 13.6. The van der Waals surface area contributed by atoms with Crippen LogP contribution in [0.5, 0.6) is 0 Å². The summed E-state index contributed by atoms with van der Waals surface area (Å²) in [4.78, 5) is 38.2. The molecule has 426 valence electrons. The molecule has 0 saturated carbocycles. The van der Waals surface area contributed by atoms with E-state index in [1.807, 2.05) is 0 Å². The Kier molecular flexibility index (Phi) is 59.3. The molecule has 0 N–H and O–H groups in total. The highest BCUT2D eigenvalue weighted by atomic mass is 16.6. The molecule has 0 rings (SSSR count). The molecule has 6 nitrogen and oxygen atoms in total. The van der Waals surface area contributed by atoms with Gasteiger partial charge in [-0.25, -0.2) is 0 Å². The molecule has 0 spiro atoms. The Morgan fingerprint density at radius 3 is 0.892 bits per heavy atom. The Bertz CT molecular complexity index is 1420. The molecule has 0 aromatic rings. The van der Waals surface area contributed by atoms with Crippen molar-refractivity contribution >= 4 is 17.9 Å². The summed E-state index contributed by atoms with van der Waals surface area (Å²) in [6, 6.07) is 0. The van der Waals surface area contributed by atoms with E-state index in [1.165, 1.54) is 148 Å². The minimum absolute atomic E-state index is 0.0835. The minimum Gasteiger partial charge on any atom is -0.462 e. The van der Waals surface area contributed by atoms with Gasteiger partial charge in [0, 0.05) is 19.3 Å². The van der Waals surface area contributed by atoms with Gasteiger partial charge in [-0.05, 0) is 89.9 Å². The number of unbranched alkanes of at least 4 members (excludes halogenated alkanes) is 32. The number of ether oxygens (including phenoxy) is 3. The van der Waals surface area contributed by atoms with Gasteiger partial charge in [0.2, 0.25) is 0 Å². The number of allylic oxidation sites excluding steroid dienone is 14. The third kappa shape index (κ3) is 59.5. The van der Waals surface area contributed by atoms with Crippen molar-refractivity contribution in [2.24, 2.45) is 0 Å². The Morgan fingerprint density at radius 2 is 0.554 bits per heavy atom. The topological polar surface area (TPSA) is 78.9 Å². The van der Waals surface area contributed by atoms with Crippen molar-refractivity contribution in [3.8, 4) is 0 Å². The van der Waals surface area contributed by atoms with Gasteiger partial charge < -0.3 is 14.2 Å². The van der Waals surface area contributed by atoms with Crippen LogP contribution in [0.25, 0.3) is 0 Å². The maximum Gasteiger partial charge on any atom is 0.306 e. The van der Waals surface area contributed by atoms with Crippen LogP contribution in [0.4, 0.5) is 0 Å². The first-order chi connectivity index (χ1) is 36.5. The number of hydrogen-bond acceptors (Lipinski definition) is 6. The van der Waals surface area contributed by atoms with Crippen LogP contribution in [0, 0.1) is 0 Å². The maximum absolute atomic E-state index is 12.9. The average molecular weight is 1030 g/mol. The molecule has 0 aliphatic carbocycles. The van der Waals surface area contributed by atoms with Crippen molar-refractivity contribution in [1.29, 1.82) is 0 Å². The minimum atomic E-state index is -0.785. The number of hydrogen-bond donors (Lipinski definition) is 0. The van der Waals surface area contributed by atoms with Crippen molar-refractivity contribution in [2.75, 3.05) is 13.2 Å². The second-order valence-corrected chi connectivity index (χ2v) is 20.9. The highest BCUT2D eigenvalue weighted by Gasteiger charge is 2.19. The van der Waals surface area contributed by atoms with Gasteiger partial charge in [0.05, 0.1) is 0 Å². The molecule has 0 aromatic heterocycles. The SMILES string of the molecule is CC/C=C\C/C=C\C/C=C\C/C=C\C/C=C\C/C=C\CCCCCCCCC(=O)OCC(COC(=O)CCCCCCC/C=C\CCC)OC(=O)CCCCCCCCCCCCCCCCCCCCCCC. The summed E-state index contributed by atoms with van der Waals surface area (Å²) in [7, 11) is 0. The van der Waals surface area contributed by atoms with Crippen LogP contribution in [0.1, 0.15) is 310 Å². The molecular formula is C68H118O6. The predicted octanol–water partition coefficient (Wildman–Crippen LogP) is 21.5. The quantitative estimate of drug-likeness (QED) is 0.0261. The van der Waals surface area contributed by atoms with Crippen molar-refractivity contribution in [3.63, 3.8) is 0 Å². The van der Waals surface area contributed by atoms with Gasteiger partial charge in [0.1, 0.15) is 13.2 Å². The van der Waals surface area contributed by atoms with E-state index in [0.717, 1.165) is 122 Å². The molecule has 0 bridgehead atoms. The summed E-state index contributed by atoms with van der Waals surface area (Å²) in [5, 5.41) is 0. The van der Waals surface area contributed by atoms with E-state index >= 15 is 0 Å². The zero-order chi connectivity index (χ0) is 53.6. The summed E-state index contributed by atoms with van der Waals surface area (Å²) in [6.07, 6.45) is 81.7. The van der Waals surface area contributed by atoms with E-state index in [1.54, 1.807) is 0 Å². The lowest BCUT2D eigenvalue weighted by atomic mass is 10.0. The van der Waals surface area contributed by atoms with Crippen LogP contribution in [0.15, 0.2) is 85.1 Å². The molecule has 0 amide bonds. The molecule has 0 radical (unpaired) electrons. The fourth-order valence-electron chi connectivity index (χ4n) is 8.92. The second-order valence-electron chi connectivity index (χ2n) is 20.9. The van der Waals surface area contributed by atoms with Gasteiger partial charge in [-0.2, -0.15) is 0 Å². The van der Waals surface area contributed by atoms with E-state index < -0.39 is 6.10 Å². The maximum atomic E-state index is 12.9. The third-order valence-electron chi connectivity index (χ3n) is 13.6. The molecule has 74 heavy (non-hydrogen) atoms. The van der Waals surface area contributed by atoms with Gasteiger partial charge in [-0.1, -0.05) is 286 Å². The molecule has 0 fully saturated rings. The van der Waals surface area contributed by atoms with E-state index in [9.17, 15) is 14.4 Å². The summed E-state index contributed by atoms with van der Waals surface area (Å²) in [6.45, 7) is 6.48. The lowest BCUT2D eigenvalue weighted by molar-refractivity contribution is -0.167. The normalized spacial score (nSPS) is 12.6. The monoisotopic (exact) mass is 1030 g/mol. The Morgan fingerprint density at radius 1 is 0.284 bits per heavy atom. The zero-order valence-corrected chi connectivity index (χ0v) is 48.8. The molecule has 0 aliphatic rings. The number of carbonyl (C=O) groups is 3. The van der Waals surface area contributed by atoms with Crippen LogP contribution in [0.2, 0.25) is 0 Å². The molecule has 1 unspecified atom stereocenters. The van der Waals surface area contributed by atoms with Crippen molar-refractivity contribution in [3.05, 3.63) is 85.1 Å². The predicted molar refractivity (Wildman–Crippen MR) is 321 cm³/mol. The summed E-state index contributed by atoms with van der Waals surface area (Å²) in [5.41, 5.74) is 0. The van der Waals surface area contributed by atoms with Gasteiger partial charge in [0.15, 0.2) is 6.10 Å². The Hall–Kier alpha value is -3.41. The van der Waals surface area contributed by atoms with E-state index in [0.29, 0.717) is 19.3 Å². The fourth-order valence-corrected chi connectivity index (χ4v) is 8.92. The summed E-state index contributed by atoms with van der Waals surface area (Å²) in [5.74, 6) is -0.896. The first-order valence-electron chi connectivity index (χ1n) is 31.6. The fraction of sp³-hybridized carbons (Fsp3) is 0.750. The van der Waals surface area contributed by atoms with Crippen molar-refractivity contribution < 1.29 is 28.6 Å². The Balaban J connectivity index is 4.28. The largest absolute Gasteiger partial charge is 0.462 e. The van der Waals surface area contributed by atoms with Crippen LogP contribution < -0.4 is 0 Å². The first kappa shape index (κ1) is 70.6. The van der Waals surface area contributed by atoms with E-state index in [2.05, 4.69) is 106 Å². The van der Waals surface area contributed by atoms with Gasteiger partial charge in [-0.15, -0.1) is 0 Å². The summed E-state index contributed by atoms with van der Waals surface area (Å²) >= 11 is 0. The van der Waals surface area contributed by atoms with Crippen molar-refractivity contribution in [2.45, 2.75) is 316 Å². The number of carbonyl (C=O) groups excluding carboxylic acids is 3. The lowest BCUT2D eigenvalue weighted by Crippen LogP contribution is -2.30. The van der Waals surface area contributed by atoms with Crippen LogP contribution in [-0.4, -0.2) is 37.2 Å². The highest BCUT2D eigenvalue weighted by molar-refractivity contribution is 5.71. The first-order valence-corrected chi connectivity index (χ1v) is 31.6. The highest BCUT2D eigenvalue weighted by Crippen LogP contribution is 2.17. The standard InChI is InChI=1S/C68H118O6/c1-4-7-10-13-16-19-22-24-26-28-30-32-33-34-35-37-38-40-42-44-46-49-52-55-58-61-67(70)73-64-65(63-72-66(69)60-57-54-51-48-21-18-15-12-9-6-3)74-68(71)62-59-56-53-50-47-45-43-41-39-36-31-29-27-25-23-20-17-14-11-8-5-2/h7,10,12,15-16,19,24,26,30,32,34-35,38,40,65H,4-6,8-9,11,13-14,17-18,20-23,25,27-29,31,33,36-37,39,41-64H2,1-3H3/b10-7-,15-12-,19-16-,26-24-,32-30-,35-34-,40-38-. The van der Waals surface area contributed by atoms with Gasteiger partial charge in [0.25, 0.3) is 0 Å². The second kappa shape index (κ2) is 62.1. The van der Waals surface area contributed by atoms with E-state index in [4.69, 9.17) is 14.2 Å². The van der Waals surface area contributed by atoms with Gasteiger partial charge in [-0.3, -0.25) is 14.4 Å². The molecule has 0 aliphatic heterocycles. The Labute approximate surface area is 458 Å². The average Bonchev–Trinajstić information content (AvgIpc) is 3.40. The lowest BCUT2D eigenvalue weighted by Gasteiger charge is -2.18. The molecular weight excluding hydrogens is 913 g/mol. The number of esters is 3. The molecule has 0 saturated heterocycles. The molecule has 0 heterocycles. The van der Waals surface area contributed by atoms with E-state index in [-0.39, 0.29) is 31.1 Å². The summed E-state index contributed by atoms with van der Waals surface area (Å²) < 4.78 is 16.9. The van der Waals surface area contributed by atoms with Crippen molar-refractivity contribution in [1.82, 2.24) is 0 Å². The van der Waals surface area contributed by atoms with Crippen LogP contribution in [-0.2, 0) is 28.6 Å². The van der Waals surface area contributed by atoms with Crippen LogP contribution >= 0.6 is 0 Å². The van der Waals surface area contributed by atoms with Crippen LogP contribution in [0.3, 0.4) is 0 Å². The smallest absolute Gasteiger partial charge is 0.306 e.